The molecule has 0 amide bonds. The maximum Gasteiger partial charge on any atom is 0.136 e. The molecule has 0 N–H and O–H groups in total. The number of furan rings is 1. The summed E-state index contributed by atoms with van der Waals surface area (Å²) in [5.41, 5.74) is 9.82. The summed E-state index contributed by atoms with van der Waals surface area (Å²) in [5, 5.41) is 6.07. The summed E-state index contributed by atoms with van der Waals surface area (Å²) in [5.74, 6) is 0.835. The van der Waals surface area contributed by atoms with E-state index >= 15 is 0 Å². The fourth-order valence-corrected chi connectivity index (χ4v) is 6.76. The number of rotatable bonds is 8. The number of hydrogen-bond donors (Lipinski definition) is 0. The van der Waals surface area contributed by atoms with Crippen LogP contribution in [0, 0.1) is 0 Å². The molecule has 0 aliphatic carbocycles. The van der Waals surface area contributed by atoms with Crippen LogP contribution in [-0.2, 0) is 0 Å². The molecule has 8 rings (SSSR count). The van der Waals surface area contributed by atoms with Gasteiger partial charge in [-0.1, -0.05) is 147 Å². The third-order valence-electron chi connectivity index (χ3n) is 9.29. The van der Waals surface area contributed by atoms with Crippen LogP contribution in [0.2, 0.25) is 0 Å². The van der Waals surface area contributed by atoms with Gasteiger partial charge in [-0.15, -0.1) is 0 Å². The molecule has 0 aliphatic heterocycles. The Balaban J connectivity index is 0.000000789. The lowest BCUT2D eigenvalue weighted by atomic mass is 10.00. The van der Waals surface area contributed by atoms with Gasteiger partial charge >= 0.3 is 0 Å². The minimum atomic E-state index is 0.835. The van der Waals surface area contributed by atoms with Crippen molar-refractivity contribution in [3.63, 3.8) is 0 Å². The van der Waals surface area contributed by atoms with E-state index in [0.717, 1.165) is 50.5 Å². The van der Waals surface area contributed by atoms with Crippen molar-refractivity contribution in [3.05, 3.63) is 200 Å². The zero-order valence-corrected chi connectivity index (χ0v) is 29.7. The molecule has 0 spiro atoms. The first-order valence-electron chi connectivity index (χ1n) is 17.6. The molecular formula is C50H41NO. The molecule has 0 radical (unpaired) electrons. The zero-order chi connectivity index (χ0) is 35.9. The number of allylic oxidation sites excluding steroid dienone is 4. The van der Waals surface area contributed by atoms with Gasteiger partial charge in [-0.3, -0.25) is 0 Å². The monoisotopic (exact) mass is 671 g/mol. The third-order valence-corrected chi connectivity index (χ3v) is 9.29. The SMILES string of the molecule is C=C/C=C\C.C=Cc1c(/C=C\C)oc2cc(-c3ccc(N(c4ccc(-c5ccccc5)cc4)c4ccc5c(ccc6ccccc65)c4)cc3)ccc12. The summed E-state index contributed by atoms with van der Waals surface area (Å²) in [7, 11) is 0. The van der Waals surface area contributed by atoms with Gasteiger partial charge in [-0.25, -0.2) is 0 Å². The Morgan fingerprint density at radius 2 is 1.08 bits per heavy atom. The van der Waals surface area contributed by atoms with E-state index in [1.807, 2.05) is 44.2 Å². The summed E-state index contributed by atoms with van der Waals surface area (Å²) in [4.78, 5) is 2.34. The fourth-order valence-electron chi connectivity index (χ4n) is 6.76. The number of fused-ring (bicyclic) bond motifs is 4. The van der Waals surface area contributed by atoms with E-state index in [1.54, 1.807) is 6.08 Å². The van der Waals surface area contributed by atoms with Gasteiger partial charge < -0.3 is 9.32 Å². The number of anilines is 3. The first-order valence-corrected chi connectivity index (χ1v) is 17.6. The topological polar surface area (TPSA) is 16.4 Å². The Hall–Kier alpha value is -6.64. The van der Waals surface area contributed by atoms with E-state index < -0.39 is 0 Å². The van der Waals surface area contributed by atoms with Gasteiger partial charge in [0.15, 0.2) is 0 Å². The van der Waals surface area contributed by atoms with E-state index in [1.165, 1.54) is 32.7 Å². The van der Waals surface area contributed by atoms with Crippen molar-refractivity contribution >= 4 is 61.7 Å². The second-order valence-corrected chi connectivity index (χ2v) is 12.5. The Morgan fingerprint density at radius 1 is 0.500 bits per heavy atom. The first-order chi connectivity index (χ1) is 25.6. The molecule has 2 nitrogen and oxygen atoms in total. The van der Waals surface area contributed by atoms with Gasteiger partial charge in [-0.2, -0.15) is 0 Å². The van der Waals surface area contributed by atoms with Crippen LogP contribution in [0.5, 0.6) is 0 Å². The van der Waals surface area contributed by atoms with Crippen LogP contribution in [0.15, 0.2) is 194 Å². The largest absolute Gasteiger partial charge is 0.456 e. The lowest BCUT2D eigenvalue weighted by Crippen LogP contribution is -2.09. The highest BCUT2D eigenvalue weighted by Gasteiger charge is 2.16. The molecule has 0 aliphatic rings. The molecule has 52 heavy (non-hydrogen) atoms. The normalized spacial score (nSPS) is 11.3. The highest BCUT2D eigenvalue weighted by Crippen LogP contribution is 2.39. The molecule has 2 heteroatoms. The molecule has 0 saturated carbocycles. The van der Waals surface area contributed by atoms with E-state index in [2.05, 4.69) is 170 Å². The fraction of sp³-hybridized carbons (Fsp3) is 0.0400. The van der Waals surface area contributed by atoms with E-state index in [-0.39, 0.29) is 0 Å². The summed E-state index contributed by atoms with van der Waals surface area (Å²) < 4.78 is 6.21. The van der Waals surface area contributed by atoms with Gasteiger partial charge in [0.1, 0.15) is 11.3 Å². The van der Waals surface area contributed by atoms with Crippen molar-refractivity contribution in [2.45, 2.75) is 13.8 Å². The van der Waals surface area contributed by atoms with Gasteiger partial charge in [0.05, 0.1) is 0 Å². The molecule has 0 saturated heterocycles. The lowest BCUT2D eigenvalue weighted by Gasteiger charge is -2.26. The third kappa shape index (κ3) is 6.88. The molecule has 8 aromatic rings. The molecule has 0 unspecified atom stereocenters. The van der Waals surface area contributed by atoms with Gasteiger partial charge in [0.2, 0.25) is 0 Å². The predicted molar refractivity (Wildman–Crippen MR) is 227 cm³/mol. The van der Waals surface area contributed by atoms with Crippen LogP contribution in [-0.4, -0.2) is 0 Å². The van der Waals surface area contributed by atoms with E-state index in [4.69, 9.17) is 4.42 Å². The average molecular weight is 672 g/mol. The van der Waals surface area contributed by atoms with Crippen molar-refractivity contribution in [1.82, 2.24) is 0 Å². The van der Waals surface area contributed by atoms with Crippen LogP contribution in [0.1, 0.15) is 25.2 Å². The highest BCUT2D eigenvalue weighted by molar-refractivity contribution is 6.08. The van der Waals surface area contributed by atoms with Gasteiger partial charge in [0, 0.05) is 28.0 Å². The molecular weight excluding hydrogens is 631 g/mol. The smallest absolute Gasteiger partial charge is 0.136 e. The minimum Gasteiger partial charge on any atom is -0.456 e. The zero-order valence-electron chi connectivity index (χ0n) is 29.7. The maximum absolute atomic E-state index is 6.21. The van der Waals surface area contributed by atoms with Crippen LogP contribution in [0.25, 0.3) is 66.9 Å². The van der Waals surface area contributed by atoms with E-state index in [0.29, 0.717) is 0 Å². The van der Waals surface area contributed by atoms with Crippen LogP contribution < -0.4 is 4.90 Å². The molecule has 1 heterocycles. The number of hydrogen-bond acceptors (Lipinski definition) is 2. The Bertz CT molecular complexity index is 2550. The predicted octanol–water partition coefficient (Wildman–Crippen LogP) is 15.0. The van der Waals surface area contributed by atoms with Crippen molar-refractivity contribution in [2.24, 2.45) is 0 Å². The molecule has 0 atom stereocenters. The standard InChI is InChI=1S/C45H33NO.C5H8/c1-3-10-44-40(4-2)43-27-21-35(30-45(43)47-44)33-19-24-38(25-20-33)46(37-22-17-32(18-23-37)31-11-6-5-7-12-31)39-26-28-42-36(29-39)16-15-34-13-8-9-14-41(34)42;1-3-5-4-2/h3-30H,2H2,1H3;3-5H,1H2,2H3/b10-3-;5-4-. The minimum absolute atomic E-state index is 0.835. The van der Waals surface area contributed by atoms with Crippen molar-refractivity contribution < 1.29 is 4.42 Å². The second-order valence-electron chi connectivity index (χ2n) is 12.5. The lowest BCUT2D eigenvalue weighted by molar-refractivity contribution is 0.603. The first kappa shape index (κ1) is 33.8. The van der Waals surface area contributed by atoms with Gasteiger partial charge in [-0.05, 0) is 112 Å². The van der Waals surface area contributed by atoms with Crippen molar-refractivity contribution in [3.8, 4) is 22.3 Å². The number of nitrogens with zero attached hydrogens (tertiary/aromatic N) is 1. The molecule has 7 aromatic carbocycles. The van der Waals surface area contributed by atoms with Crippen molar-refractivity contribution in [2.75, 3.05) is 4.90 Å². The average Bonchev–Trinajstić information content (AvgIpc) is 3.55. The Morgan fingerprint density at radius 3 is 1.73 bits per heavy atom. The highest BCUT2D eigenvalue weighted by atomic mass is 16.3. The van der Waals surface area contributed by atoms with Crippen molar-refractivity contribution in [1.29, 1.82) is 0 Å². The Kier molecular flexibility index (Phi) is 10.1. The summed E-state index contributed by atoms with van der Waals surface area (Å²) in [6, 6.07) is 54.4. The summed E-state index contributed by atoms with van der Waals surface area (Å²) in [6.07, 6.45) is 11.4. The van der Waals surface area contributed by atoms with E-state index in [9.17, 15) is 0 Å². The van der Waals surface area contributed by atoms with Crippen LogP contribution in [0.4, 0.5) is 17.1 Å². The maximum atomic E-state index is 6.21. The second kappa shape index (κ2) is 15.5. The summed E-state index contributed by atoms with van der Waals surface area (Å²) in [6.45, 7) is 11.4. The molecule has 252 valence electrons. The molecule has 1 aromatic heterocycles. The van der Waals surface area contributed by atoms with Crippen LogP contribution >= 0.6 is 0 Å². The summed E-state index contributed by atoms with van der Waals surface area (Å²) >= 11 is 0. The number of benzene rings is 7. The van der Waals surface area contributed by atoms with Crippen LogP contribution in [0.3, 0.4) is 0 Å². The molecule has 0 bridgehead atoms. The quantitative estimate of drug-likeness (QED) is 0.118. The van der Waals surface area contributed by atoms with Gasteiger partial charge in [0.25, 0.3) is 0 Å². The Labute approximate surface area is 306 Å². The molecule has 0 fully saturated rings.